The molecule has 0 saturated heterocycles. The van der Waals surface area contributed by atoms with Gasteiger partial charge < -0.3 is 15.2 Å². The molecule has 0 unspecified atom stereocenters. The molecule has 1 aromatic heterocycles. The lowest BCUT2D eigenvalue weighted by Crippen LogP contribution is -2.34. The highest BCUT2D eigenvalue weighted by molar-refractivity contribution is 7.17. The molecule has 0 spiro atoms. The Morgan fingerprint density at radius 1 is 1.13 bits per heavy atom. The molecule has 158 valence electrons. The van der Waals surface area contributed by atoms with E-state index in [0.717, 1.165) is 16.0 Å². The molecule has 0 aliphatic heterocycles. The highest BCUT2D eigenvalue weighted by atomic mass is 32.1. The summed E-state index contributed by atoms with van der Waals surface area (Å²) >= 11 is 1.30. The average Bonchev–Trinajstić information content (AvgIpc) is 3.08. The molecule has 0 fully saturated rings. The third-order valence-electron chi connectivity index (χ3n) is 5.11. The molecule has 1 heterocycles. The molecule has 0 radical (unpaired) electrons. The Balaban J connectivity index is 1.98. The number of benzene rings is 1. The van der Waals surface area contributed by atoms with Gasteiger partial charge in [0.2, 0.25) is 5.91 Å². The summed E-state index contributed by atoms with van der Waals surface area (Å²) in [6, 6.07) is 9.48. The van der Waals surface area contributed by atoms with Gasteiger partial charge in [-0.2, -0.15) is 0 Å². The second-order valence-corrected chi connectivity index (χ2v) is 8.45. The van der Waals surface area contributed by atoms with E-state index >= 15 is 0 Å². The lowest BCUT2D eigenvalue weighted by Gasteiger charge is -2.24. The van der Waals surface area contributed by atoms with E-state index in [2.05, 4.69) is 5.32 Å². The van der Waals surface area contributed by atoms with E-state index in [1.807, 2.05) is 50.3 Å². The zero-order chi connectivity index (χ0) is 21.7. The first kappa shape index (κ1) is 21.8. The number of nitrogens with one attached hydrogen (secondary N) is 1. The zero-order valence-corrected chi connectivity index (χ0v) is 17.8. The van der Waals surface area contributed by atoms with E-state index < -0.39 is 29.7 Å². The topological polar surface area (TPSA) is 92.7 Å². The summed E-state index contributed by atoms with van der Waals surface area (Å²) in [5.41, 5.74) is 1.92. The number of carboxylic acids is 1. The van der Waals surface area contributed by atoms with Crippen LogP contribution >= 0.6 is 11.3 Å². The van der Waals surface area contributed by atoms with E-state index in [1.54, 1.807) is 6.08 Å². The third-order valence-corrected chi connectivity index (χ3v) is 6.13. The van der Waals surface area contributed by atoms with Gasteiger partial charge in [0.1, 0.15) is 10.6 Å². The van der Waals surface area contributed by atoms with Crippen LogP contribution in [0.5, 0.6) is 0 Å². The van der Waals surface area contributed by atoms with Crippen LogP contribution < -0.4 is 5.32 Å². The van der Waals surface area contributed by atoms with E-state index in [9.17, 15) is 19.5 Å². The molecule has 0 saturated carbocycles. The van der Waals surface area contributed by atoms with Crippen LogP contribution in [0.15, 0.2) is 42.5 Å². The van der Waals surface area contributed by atoms with E-state index in [1.165, 1.54) is 11.3 Å². The Morgan fingerprint density at radius 2 is 1.80 bits per heavy atom. The van der Waals surface area contributed by atoms with Crippen LogP contribution in [0.3, 0.4) is 0 Å². The Bertz CT molecular complexity index is 963. The molecule has 1 amide bonds. The highest BCUT2D eigenvalue weighted by Gasteiger charge is 2.35. The molecule has 3 rings (SSSR count). The summed E-state index contributed by atoms with van der Waals surface area (Å²) in [5.74, 6) is -3.34. The van der Waals surface area contributed by atoms with Crippen LogP contribution in [0.25, 0.3) is 11.1 Å². The van der Waals surface area contributed by atoms with Crippen LogP contribution in [-0.4, -0.2) is 29.6 Å². The summed E-state index contributed by atoms with van der Waals surface area (Å²) in [4.78, 5) is 38.3. The molecule has 2 N–H and O–H groups in total. The number of hydrogen-bond acceptors (Lipinski definition) is 5. The van der Waals surface area contributed by atoms with E-state index in [-0.39, 0.29) is 6.61 Å². The Morgan fingerprint density at radius 3 is 2.43 bits per heavy atom. The van der Waals surface area contributed by atoms with Gasteiger partial charge in [-0.25, -0.2) is 4.79 Å². The Hall–Kier alpha value is -2.93. The number of anilines is 1. The minimum absolute atomic E-state index is 0.282. The number of esters is 1. The summed E-state index contributed by atoms with van der Waals surface area (Å²) in [6.45, 7) is 4.09. The average molecular weight is 428 g/mol. The van der Waals surface area contributed by atoms with Crippen molar-refractivity contribution in [1.82, 2.24) is 0 Å². The number of carbonyl (C=O) groups excluding carboxylic acids is 2. The lowest BCUT2D eigenvalue weighted by atomic mass is 9.82. The quantitative estimate of drug-likeness (QED) is 0.484. The normalized spacial score (nSPS) is 18.1. The van der Waals surface area contributed by atoms with E-state index in [4.69, 9.17) is 4.74 Å². The summed E-state index contributed by atoms with van der Waals surface area (Å²) in [6.07, 6.45) is 4.98. The largest absolute Gasteiger partial charge is 0.481 e. The number of carbonyl (C=O) groups is 3. The number of carboxylic acid groups (broad SMARTS) is 1. The van der Waals surface area contributed by atoms with Crippen molar-refractivity contribution in [1.29, 1.82) is 0 Å². The first-order chi connectivity index (χ1) is 14.4. The van der Waals surface area contributed by atoms with Crippen molar-refractivity contribution in [2.75, 3.05) is 11.9 Å². The molecule has 1 aromatic carbocycles. The minimum atomic E-state index is -0.991. The minimum Gasteiger partial charge on any atom is -0.481 e. The molecule has 6 nitrogen and oxygen atoms in total. The molecule has 30 heavy (non-hydrogen) atoms. The van der Waals surface area contributed by atoms with Crippen LogP contribution in [0, 0.1) is 18.8 Å². The predicted molar refractivity (Wildman–Crippen MR) is 117 cm³/mol. The van der Waals surface area contributed by atoms with Crippen molar-refractivity contribution in [2.45, 2.75) is 33.1 Å². The van der Waals surface area contributed by atoms with Gasteiger partial charge in [0.05, 0.1) is 18.4 Å². The zero-order valence-electron chi connectivity index (χ0n) is 17.0. The number of aliphatic carboxylic acids is 1. The number of ether oxygens (including phenoxy) is 1. The standard InChI is InChI=1S/C23H25NO5S/c1-3-13-29-23(28)19-18(15-9-5-4-6-10-15)14(2)30-21(19)24-20(25)16-11-7-8-12-17(16)22(26)27/h4-10,16-17H,3,11-13H2,1-2H3,(H,24,25)(H,26,27)/t16-,17+/m0/s1. The van der Waals surface area contributed by atoms with Crippen LogP contribution in [0.2, 0.25) is 0 Å². The number of aryl methyl sites for hydroxylation is 1. The SMILES string of the molecule is CCCOC(=O)c1c(NC(=O)[C@H]2CC=CC[C@H]2C(=O)O)sc(C)c1-c1ccccc1. The maximum absolute atomic E-state index is 13.0. The molecule has 1 aliphatic carbocycles. The predicted octanol–water partition coefficient (Wildman–Crippen LogP) is 4.90. The van der Waals surface area contributed by atoms with Gasteiger partial charge in [0.25, 0.3) is 0 Å². The van der Waals surface area contributed by atoms with Gasteiger partial charge in [-0.15, -0.1) is 11.3 Å². The Kier molecular flexibility index (Phi) is 7.05. The van der Waals surface area contributed by atoms with Gasteiger partial charge in [-0.1, -0.05) is 49.4 Å². The van der Waals surface area contributed by atoms with Gasteiger partial charge in [-0.05, 0) is 31.7 Å². The maximum Gasteiger partial charge on any atom is 0.341 e. The van der Waals surface area contributed by atoms with Gasteiger partial charge in [0.15, 0.2) is 0 Å². The molecule has 0 bridgehead atoms. The van der Waals surface area contributed by atoms with Crippen molar-refractivity contribution < 1.29 is 24.2 Å². The summed E-state index contributed by atoms with van der Waals surface area (Å²) in [7, 11) is 0. The van der Waals surface area contributed by atoms with Gasteiger partial charge in [-0.3, -0.25) is 9.59 Å². The monoisotopic (exact) mass is 427 g/mol. The fourth-order valence-electron chi connectivity index (χ4n) is 3.63. The second kappa shape index (κ2) is 9.71. The molecule has 1 aliphatic rings. The second-order valence-electron chi connectivity index (χ2n) is 7.22. The number of rotatable bonds is 7. The van der Waals surface area contributed by atoms with Crippen molar-refractivity contribution in [3.63, 3.8) is 0 Å². The summed E-state index contributed by atoms with van der Waals surface area (Å²) < 4.78 is 5.39. The molecular weight excluding hydrogens is 402 g/mol. The summed E-state index contributed by atoms with van der Waals surface area (Å²) in [5, 5.41) is 12.7. The van der Waals surface area contributed by atoms with Gasteiger partial charge in [0, 0.05) is 10.4 Å². The van der Waals surface area contributed by atoms with Crippen molar-refractivity contribution in [2.24, 2.45) is 11.8 Å². The van der Waals surface area contributed by atoms with Gasteiger partial charge >= 0.3 is 11.9 Å². The number of hydrogen-bond donors (Lipinski definition) is 2. The lowest BCUT2D eigenvalue weighted by molar-refractivity contribution is -0.146. The van der Waals surface area contributed by atoms with Crippen LogP contribution in [0.4, 0.5) is 5.00 Å². The number of thiophene rings is 1. The maximum atomic E-state index is 13.0. The fourth-order valence-corrected chi connectivity index (χ4v) is 4.70. The number of amides is 1. The first-order valence-corrected chi connectivity index (χ1v) is 10.8. The fraction of sp³-hybridized carbons (Fsp3) is 0.348. The van der Waals surface area contributed by atoms with Crippen LogP contribution in [-0.2, 0) is 14.3 Å². The van der Waals surface area contributed by atoms with Crippen LogP contribution in [0.1, 0.15) is 41.4 Å². The molecule has 7 heteroatoms. The van der Waals surface area contributed by atoms with Crippen molar-refractivity contribution in [3.05, 3.63) is 52.9 Å². The highest BCUT2D eigenvalue weighted by Crippen LogP contribution is 2.41. The number of allylic oxidation sites excluding steroid dienone is 2. The van der Waals surface area contributed by atoms with Crippen molar-refractivity contribution in [3.8, 4) is 11.1 Å². The molecule has 2 aromatic rings. The Labute approximate surface area is 179 Å². The van der Waals surface area contributed by atoms with E-state index in [0.29, 0.717) is 29.8 Å². The third kappa shape index (κ3) is 4.62. The molecular formula is C23H25NO5S. The van der Waals surface area contributed by atoms with Crippen molar-refractivity contribution >= 4 is 34.2 Å². The molecule has 2 atom stereocenters. The smallest absolute Gasteiger partial charge is 0.341 e. The first-order valence-electron chi connectivity index (χ1n) is 9.98.